The fraction of sp³-hybridized carbons (Fsp3) is 0.0714. The summed E-state index contributed by atoms with van der Waals surface area (Å²) in [6.07, 6.45) is 0. The highest BCUT2D eigenvalue weighted by Crippen LogP contribution is 2.29. The Hall–Kier alpha value is -1.12. The first-order valence-corrected chi connectivity index (χ1v) is 7.84. The van der Waals surface area contributed by atoms with Crippen molar-refractivity contribution < 1.29 is 0 Å². The lowest BCUT2D eigenvalue weighted by atomic mass is 9.99. The molecular weight excluding hydrogens is 433 g/mol. The van der Waals surface area contributed by atoms with Crippen LogP contribution in [0.4, 0.5) is 0 Å². The van der Waals surface area contributed by atoms with Crippen LogP contribution in [-0.2, 0) is 0 Å². The molecule has 0 aliphatic heterocycles. The number of aromatic amines is 2. The summed E-state index contributed by atoms with van der Waals surface area (Å²) in [7, 11) is 0. The minimum atomic E-state index is -0.246. The summed E-state index contributed by atoms with van der Waals surface area (Å²) in [5.74, 6) is 0. The van der Waals surface area contributed by atoms with Crippen molar-refractivity contribution in [3.05, 3.63) is 66.1 Å². The number of benzene rings is 2. The first-order valence-electron chi connectivity index (χ1n) is 5.97. The second-order valence-electron chi connectivity index (χ2n) is 4.53. The van der Waals surface area contributed by atoms with Gasteiger partial charge < -0.3 is 15.7 Å². The lowest BCUT2D eigenvalue weighted by Crippen LogP contribution is -2.12. The molecule has 20 heavy (non-hydrogen) atoms. The lowest BCUT2D eigenvalue weighted by Gasteiger charge is -2.14. The molecule has 0 radical (unpaired) electrons. The Labute approximate surface area is 137 Å². The summed E-state index contributed by atoms with van der Waals surface area (Å²) in [4.78, 5) is 16.8. The van der Waals surface area contributed by atoms with Crippen molar-refractivity contribution in [3.63, 3.8) is 0 Å². The molecule has 0 aliphatic rings. The van der Waals surface area contributed by atoms with E-state index in [1.807, 2.05) is 36.4 Å². The molecule has 0 saturated heterocycles. The molecule has 3 rings (SSSR count). The Bertz CT molecular complexity index is 823. The van der Waals surface area contributed by atoms with Crippen LogP contribution < -0.4 is 11.4 Å². The standard InChI is InChI=1S/C14H11BrIN3O/c15-10-6-12-11(18-14(20)19-12)5-9(10)13(17)7-1-3-8(16)4-2-7/h1-6,13H,17H2,(H2,18,19,20). The molecule has 1 unspecified atom stereocenters. The maximum atomic E-state index is 11.3. The van der Waals surface area contributed by atoms with Crippen LogP contribution in [0, 0.1) is 3.57 Å². The number of fused-ring (bicyclic) bond motifs is 1. The molecule has 6 heteroatoms. The fourth-order valence-corrected chi connectivity index (χ4v) is 3.11. The Morgan fingerprint density at radius 3 is 2.35 bits per heavy atom. The highest BCUT2D eigenvalue weighted by molar-refractivity contribution is 14.1. The van der Waals surface area contributed by atoms with Gasteiger partial charge in [-0.3, -0.25) is 0 Å². The first kappa shape index (κ1) is 13.8. The van der Waals surface area contributed by atoms with Crippen molar-refractivity contribution >= 4 is 49.6 Å². The van der Waals surface area contributed by atoms with Crippen LogP contribution in [0.25, 0.3) is 11.0 Å². The van der Waals surface area contributed by atoms with Gasteiger partial charge in [0.25, 0.3) is 0 Å². The zero-order valence-corrected chi connectivity index (χ0v) is 14.0. The van der Waals surface area contributed by atoms with Crippen LogP contribution in [-0.4, -0.2) is 9.97 Å². The van der Waals surface area contributed by atoms with E-state index in [9.17, 15) is 4.79 Å². The predicted molar refractivity (Wildman–Crippen MR) is 91.8 cm³/mol. The molecule has 4 N–H and O–H groups in total. The molecule has 2 aromatic carbocycles. The van der Waals surface area contributed by atoms with E-state index in [0.717, 1.165) is 26.6 Å². The van der Waals surface area contributed by atoms with Crippen molar-refractivity contribution in [3.8, 4) is 0 Å². The van der Waals surface area contributed by atoms with E-state index in [1.54, 1.807) is 0 Å². The fourth-order valence-electron chi connectivity index (χ4n) is 2.16. The average Bonchev–Trinajstić information content (AvgIpc) is 2.77. The molecule has 1 aromatic heterocycles. The van der Waals surface area contributed by atoms with E-state index < -0.39 is 0 Å². The first-order chi connectivity index (χ1) is 9.54. The van der Waals surface area contributed by atoms with Crippen molar-refractivity contribution in [2.45, 2.75) is 6.04 Å². The van der Waals surface area contributed by atoms with Crippen molar-refractivity contribution in [2.75, 3.05) is 0 Å². The maximum Gasteiger partial charge on any atom is 0.323 e. The van der Waals surface area contributed by atoms with Crippen LogP contribution in [0.2, 0.25) is 0 Å². The van der Waals surface area contributed by atoms with Gasteiger partial charge in [0.15, 0.2) is 0 Å². The summed E-state index contributed by atoms with van der Waals surface area (Å²) >= 11 is 5.78. The van der Waals surface area contributed by atoms with Gasteiger partial charge in [-0.1, -0.05) is 28.1 Å². The third-order valence-electron chi connectivity index (χ3n) is 3.20. The van der Waals surface area contributed by atoms with E-state index in [4.69, 9.17) is 5.73 Å². The Kier molecular flexibility index (Phi) is 3.70. The van der Waals surface area contributed by atoms with Gasteiger partial charge in [0.05, 0.1) is 17.1 Å². The maximum absolute atomic E-state index is 11.3. The summed E-state index contributed by atoms with van der Waals surface area (Å²) in [5, 5.41) is 0. The molecule has 0 amide bonds. The van der Waals surface area contributed by atoms with Gasteiger partial charge in [0.1, 0.15) is 0 Å². The van der Waals surface area contributed by atoms with E-state index in [-0.39, 0.29) is 11.7 Å². The summed E-state index contributed by atoms with van der Waals surface area (Å²) < 4.78 is 2.05. The zero-order chi connectivity index (χ0) is 14.3. The molecular formula is C14H11BrIN3O. The Balaban J connectivity index is 2.10. The number of H-pyrrole nitrogens is 2. The van der Waals surface area contributed by atoms with E-state index in [0.29, 0.717) is 0 Å². The number of rotatable bonds is 2. The molecule has 3 aromatic rings. The predicted octanol–water partition coefficient (Wildman–Crippen LogP) is 3.27. The summed E-state index contributed by atoms with van der Waals surface area (Å²) in [6, 6.07) is 11.6. The number of aromatic nitrogens is 2. The second-order valence-corrected chi connectivity index (χ2v) is 6.63. The van der Waals surface area contributed by atoms with Crippen LogP contribution >= 0.6 is 38.5 Å². The quantitative estimate of drug-likeness (QED) is 0.531. The van der Waals surface area contributed by atoms with Crippen LogP contribution in [0.1, 0.15) is 17.2 Å². The van der Waals surface area contributed by atoms with Gasteiger partial charge in [-0.15, -0.1) is 0 Å². The smallest absolute Gasteiger partial charge is 0.320 e. The zero-order valence-electron chi connectivity index (χ0n) is 10.3. The van der Waals surface area contributed by atoms with E-state index in [1.165, 1.54) is 3.57 Å². The number of hydrogen-bond donors (Lipinski definition) is 3. The van der Waals surface area contributed by atoms with Crippen LogP contribution in [0.5, 0.6) is 0 Å². The molecule has 0 spiro atoms. The van der Waals surface area contributed by atoms with Gasteiger partial charge >= 0.3 is 5.69 Å². The van der Waals surface area contributed by atoms with Gasteiger partial charge in [0, 0.05) is 8.04 Å². The Morgan fingerprint density at radius 1 is 1.10 bits per heavy atom. The van der Waals surface area contributed by atoms with Crippen molar-refractivity contribution in [1.29, 1.82) is 0 Å². The lowest BCUT2D eigenvalue weighted by molar-refractivity contribution is 0.867. The largest absolute Gasteiger partial charge is 0.323 e. The van der Waals surface area contributed by atoms with Crippen molar-refractivity contribution in [2.24, 2.45) is 5.73 Å². The van der Waals surface area contributed by atoms with Crippen molar-refractivity contribution in [1.82, 2.24) is 9.97 Å². The molecule has 0 saturated carbocycles. The number of nitrogens with one attached hydrogen (secondary N) is 2. The number of halogens is 2. The van der Waals surface area contributed by atoms with E-state index >= 15 is 0 Å². The average molecular weight is 444 g/mol. The van der Waals surface area contributed by atoms with Gasteiger partial charge in [-0.25, -0.2) is 4.79 Å². The number of nitrogens with two attached hydrogens (primary N) is 1. The molecule has 0 aliphatic carbocycles. The summed E-state index contributed by atoms with van der Waals surface area (Å²) in [6.45, 7) is 0. The van der Waals surface area contributed by atoms with Gasteiger partial charge in [-0.2, -0.15) is 0 Å². The number of imidazole rings is 1. The SMILES string of the molecule is NC(c1ccc(I)cc1)c1cc2[nH]c(=O)[nH]c2cc1Br. The topological polar surface area (TPSA) is 74.7 Å². The highest BCUT2D eigenvalue weighted by atomic mass is 127. The van der Waals surface area contributed by atoms with Crippen LogP contribution in [0.15, 0.2) is 45.7 Å². The van der Waals surface area contributed by atoms with E-state index in [2.05, 4.69) is 48.5 Å². The van der Waals surface area contributed by atoms with Crippen LogP contribution in [0.3, 0.4) is 0 Å². The number of hydrogen-bond acceptors (Lipinski definition) is 2. The third kappa shape index (κ3) is 2.55. The summed E-state index contributed by atoms with van der Waals surface area (Å²) in [5.41, 5.74) is 9.61. The normalized spacial score (nSPS) is 12.8. The van der Waals surface area contributed by atoms with Gasteiger partial charge in [0.2, 0.25) is 0 Å². The second kappa shape index (κ2) is 5.34. The molecule has 1 heterocycles. The highest BCUT2D eigenvalue weighted by Gasteiger charge is 2.14. The van der Waals surface area contributed by atoms with Gasteiger partial charge in [-0.05, 0) is 58.0 Å². The molecule has 4 nitrogen and oxygen atoms in total. The molecule has 0 fully saturated rings. The molecule has 1 atom stereocenters. The molecule has 0 bridgehead atoms. The Morgan fingerprint density at radius 2 is 1.70 bits per heavy atom. The minimum absolute atomic E-state index is 0.216. The third-order valence-corrected chi connectivity index (χ3v) is 4.60. The minimum Gasteiger partial charge on any atom is -0.320 e. The molecule has 102 valence electrons. The monoisotopic (exact) mass is 443 g/mol.